The van der Waals surface area contributed by atoms with Crippen molar-refractivity contribution in [1.29, 1.82) is 0 Å². The SMILES string of the molecule is CCOC(=O)CC(=Nc1ccccc1)C(=O)OCC. The molecular formula is C14H17NO4. The van der Waals surface area contributed by atoms with Crippen molar-refractivity contribution in [3.05, 3.63) is 30.3 Å². The van der Waals surface area contributed by atoms with Crippen LogP contribution in [0, 0.1) is 0 Å². The maximum atomic E-state index is 11.7. The summed E-state index contributed by atoms with van der Waals surface area (Å²) in [5, 5.41) is 0. The van der Waals surface area contributed by atoms with Crippen LogP contribution in [0.2, 0.25) is 0 Å². The molecule has 0 saturated carbocycles. The zero-order chi connectivity index (χ0) is 14.1. The maximum absolute atomic E-state index is 11.7. The predicted molar refractivity (Wildman–Crippen MR) is 71.4 cm³/mol. The second kappa shape index (κ2) is 8.02. The molecule has 0 aromatic heterocycles. The molecule has 1 rings (SSSR count). The predicted octanol–water partition coefficient (Wildman–Crippen LogP) is 2.28. The van der Waals surface area contributed by atoms with Gasteiger partial charge in [0, 0.05) is 0 Å². The molecule has 0 N–H and O–H groups in total. The number of aliphatic imine (C=N–C) groups is 1. The lowest BCUT2D eigenvalue weighted by Crippen LogP contribution is -2.22. The van der Waals surface area contributed by atoms with Crippen molar-refractivity contribution in [3.8, 4) is 0 Å². The van der Waals surface area contributed by atoms with Gasteiger partial charge in [-0.25, -0.2) is 9.79 Å². The second-order valence-corrected chi connectivity index (χ2v) is 3.60. The molecule has 1 aromatic rings. The first kappa shape index (κ1) is 14.9. The number of rotatable bonds is 6. The molecular weight excluding hydrogens is 246 g/mol. The normalized spacial score (nSPS) is 10.9. The molecule has 1 aromatic carbocycles. The van der Waals surface area contributed by atoms with Gasteiger partial charge < -0.3 is 9.47 Å². The van der Waals surface area contributed by atoms with E-state index in [4.69, 9.17) is 9.47 Å². The molecule has 0 aliphatic rings. The largest absolute Gasteiger partial charge is 0.466 e. The van der Waals surface area contributed by atoms with Crippen LogP contribution >= 0.6 is 0 Å². The third kappa shape index (κ3) is 5.33. The van der Waals surface area contributed by atoms with Crippen LogP contribution < -0.4 is 0 Å². The summed E-state index contributed by atoms with van der Waals surface area (Å²) in [5.74, 6) is -1.09. The highest BCUT2D eigenvalue weighted by Crippen LogP contribution is 2.12. The fourth-order valence-electron chi connectivity index (χ4n) is 1.38. The summed E-state index contributed by atoms with van der Waals surface area (Å²) in [5.41, 5.74) is 0.640. The number of benzene rings is 1. The number of esters is 2. The summed E-state index contributed by atoms with van der Waals surface area (Å²) in [4.78, 5) is 27.3. The third-order valence-corrected chi connectivity index (χ3v) is 2.15. The molecule has 0 saturated heterocycles. The Kier molecular flexibility index (Phi) is 6.29. The molecule has 0 fully saturated rings. The Morgan fingerprint density at radius 3 is 2.26 bits per heavy atom. The Hall–Kier alpha value is -2.17. The van der Waals surface area contributed by atoms with Crippen molar-refractivity contribution in [2.45, 2.75) is 20.3 Å². The van der Waals surface area contributed by atoms with E-state index in [1.54, 1.807) is 38.1 Å². The number of carbonyl (C=O) groups is 2. The molecule has 0 aliphatic carbocycles. The zero-order valence-corrected chi connectivity index (χ0v) is 11.1. The molecule has 0 amide bonds. The summed E-state index contributed by atoms with van der Waals surface area (Å²) in [6, 6.07) is 8.92. The lowest BCUT2D eigenvalue weighted by molar-refractivity contribution is -0.143. The van der Waals surface area contributed by atoms with Gasteiger partial charge in [0.05, 0.1) is 25.3 Å². The molecule has 0 bridgehead atoms. The highest BCUT2D eigenvalue weighted by Gasteiger charge is 2.18. The van der Waals surface area contributed by atoms with Crippen LogP contribution in [0.1, 0.15) is 20.3 Å². The Labute approximate surface area is 112 Å². The van der Waals surface area contributed by atoms with E-state index in [2.05, 4.69) is 4.99 Å². The minimum absolute atomic E-state index is 0.0477. The summed E-state index contributed by atoms with van der Waals surface area (Å²) in [6.07, 6.45) is -0.193. The molecule has 19 heavy (non-hydrogen) atoms. The summed E-state index contributed by atoms with van der Waals surface area (Å²) in [7, 11) is 0. The number of para-hydroxylation sites is 1. The fraction of sp³-hybridized carbons (Fsp3) is 0.357. The van der Waals surface area contributed by atoms with Crippen molar-refractivity contribution in [3.63, 3.8) is 0 Å². The van der Waals surface area contributed by atoms with Crippen molar-refractivity contribution >= 4 is 23.3 Å². The third-order valence-electron chi connectivity index (χ3n) is 2.15. The first-order valence-corrected chi connectivity index (χ1v) is 6.12. The van der Waals surface area contributed by atoms with E-state index in [-0.39, 0.29) is 25.3 Å². The lowest BCUT2D eigenvalue weighted by atomic mass is 10.2. The van der Waals surface area contributed by atoms with Gasteiger partial charge in [0.15, 0.2) is 0 Å². The highest BCUT2D eigenvalue weighted by atomic mass is 16.5. The second-order valence-electron chi connectivity index (χ2n) is 3.60. The monoisotopic (exact) mass is 263 g/mol. The molecule has 0 atom stereocenters. The summed E-state index contributed by atoms with van der Waals surface area (Å²) < 4.78 is 9.69. The van der Waals surface area contributed by atoms with E-state index in [1.807, 2.05) is 6.07 Å². The Bertz CT molecular complexity index is 454. The quantitative estimate of drug-likeness (QED) is 0.583. The average Bonchev–Trinajstić information content (AvgIpc) is 2.40. The van der Waals surface area contributed by atoms with E-state index in [0.29, 0.717) is 5.69 Å². The summed E-state index contributed by atoms with van der Waals surface area (Å²) in [6.45, 7) is 3.90. The molecule has 102 valence electrons. The van der Waals surface area contributed by atoms with Gasteiger partial charge in [-0.05, 0) is 26.0 Å². The first-order valence-electron chi connectivity index (χ1n) is 6.12. The van der Waals surface area contributed by atoms with Gasteiger partial charge in [0.2, 0.25) is 0 Å². The van der Waals surface area contributed by atoms with Gasteiger partial charge in [0.1, 0.15) is 5.71 Å². The van der Waals surface area contributed by atoms with Gasteiger partial charge >= 0.3 is 11.9 Å². The van der Waals surface area contributed by atoms with Crippen LogP contribution in [-0.4, -0.2) is 30.9 Å². The number of hydrogen-bond donors (Lipinski definition) is 0. The van der Waals surface area contributed by atoms with Crippen LogP contribution in [0.5, 0.6) is 0 Å². The summed E-state index contributed by atoms with van der Waals surface area (Å²) >= 11 is 0. The van der Waals surface area contributed by atoms with Gasteiger partial charge in [-0.3, -0.25) is 4.79 Å². The van der Waals surface area contributed by atoms with Crippen LogP contribution in [-0.2, 0) is 19.1 Å². The number of nitrogens with zero attached hydrogens (tertiary/aromatic N) is 1. The van der Waals surface area contributed by atoms with E-state index < -0.39 is 11.9 Å². The van der Waals surface area contributed by atoms with Crippen LogP contribution in [0.15, 0.2) is 35.3 Å². The lowest BCUT2D eigenvalue weighted by Gasteiger charge is -2.06. The molecule has 5 heteroatoms. The van der Waals surface area contributed by atoms with Gasteiger partial charge in [0.25, 0.3) is 0 Å². The van der Waals surface area contributed by atoms with Crippen molar-refractivity contribution in [2.24, 2.45) is 4.99 Å². The van der Waals surface area contributed by atoms with Crippen molar-refractivity contribution in [1.82, 2.24) is 0 Å². The highest BCUT2D eigenvalue weighted by molar-refractivity contribution is 6.39. The minimum atomic E-state index is -0.598. The van der Waals surface area contributed by atoms with Crippen LogP contribution in [0.25, 0.3) is 0 Å². The topological polar surface area (TPSA) is 65.0 Å². The molecule has 0 radical (unpaired) electrons. The molecule has 0 spiro atoms. The molecule has 5 nitrogen and oxygen atoms in total. The average molecular weight is 263 g/mol. The van der Waals surface area contributed by atoms with E-state index in [9.17, 15) is 9.59 Å². The van der Waals surface area contributed by atoms with Gasteiger partial charge in [-0.1, -0.05) is 18.2 Å². The van der Waals surface area contributed by atoms with Gasteiger partial charge in [-0.15, -0.1) is 0 Å². The molecule has 0 heterocycles. The number of ether oxygens (including phenoxy) is 2. The molecule has 0 aliphatic heterocycles. The van der Waals surface area contributed by atoms with E-state index >= 15 is 0 Å². The Morgan fingerprint density at radius 2 is 1.68 bits per heavy atom. The van der Waals surface area contributed by atoms with E-state index in [0.717, 1.165) is 0 Å². The first-order chi connectivity index (χ1) is 9.17. The van der Waals surface area contributed by atoms with Crippen LogP contribution in [0.3, 0.4) is 0 Å². The standard InChI is InChI=1S/C14H17NO4/c1-3-18-13(16)10-12(14(17)19-4-2)15-11-8-6-5-7-9-11/h5-9H,3-4,10H2,1-2H3. The van der Waals surface area contributed by atoms with Crippen LogP contribution in [0.4, 0.5) is 5.69 Å². The molecule has 0 unspecified atom stereocenters. The minimum Gasteiger partial charge on any atom is -0.466 e. The smallest absolute Gasteiger partial charge is 0.353 e. The maximum Gasteiger partial charge on any atom is 0.353 e. The van der Waals surface area contributed by atoms with E-state index in [1.165, 1.54) is 0 Å². The van der Waals surface area contributed by atoms with Crippen molar-refractivity contribution in [2.75, 3.05) is 13.2 Å². The Morgan fingerprint density at radius 1 is 1.05 bits per heavy atom. The number of hydrogen-bond acceptors (Lipinski definition) is 5. The number of carbonyl (C=O) groups excluding carboxylic acids is 2. The van der Waals surface area contributed by atoms with Crippen molar-refractivity contribution < 1.29 is 19.1 Å². The fourth-order valence-corrected chi connectivity index (χ4v) is 1.38. The van der Waals surface area contributed by atoms with Gasteiger partial charge in [-0.2, -0.15) is 0 Å². The zero-order valence-electron chi connectivity index (χ0n) is 11.1. The Balaban J connectivity index is 2.89.